The zero-order valence-electron chi connectivity index (χ0n) is 11.6. The third-order valence-electron chi connectivity index (χ3n) is 2.99. The summed E-state index contributed by atoms with van der Waals surface area (Å²) in [5, 5.41) is 12.7. The van der Waals surface area contributed by atoms with Crippen LogP contribution in [-0.4, -0.2) is 35.4 Å². The Labute approximate surface area is 119 Å². The van der Waals surface area contributed by atoms with E-state index >= 15 is 0 Å². The number of nitrogens with one attached hydrogen (secondary N) is 1. The summed E-state index contributed by atoms with van der Waals surface area (Å²) in [7, 11) is 0. The lowest BCUT2D eigenvalue weighted by molar-refractivity contribution is 0.0939. The molecule has 0 aliphatic carbocycles. The molecule has 1 unspecified atom stereocenters. The van der Waals surface area contributed by atoms with Crippen molar-refractivity contribution in [3.05, 3.63) is 23.9 Å². The second-order valence-corrected chi connectivity index (χ2v) is 5.23. The number of pyridine rings is 1. The quantitative estimate of drug-likeness (QED) is 0.718. The van der Waals surface area contributed by atoms with Crippen LogP contribution in [0.3, 0.4) is 0 Å². The normalized spacial score (nSPS) is 12.2. The highest BCUT2D eigenvalue weighted by molar-refractivity contribution is 7.98. The molecule has 0 fully saturated rings. The number of aliphatic hydroxyl groups excluding tert-OH is 1. The molecule has 0 radical (unpaired) electrons. The number of thioether (sulfide) groups is 1. The standard InChI is InChI=1S/C14H22N2O2S/c1-3-5-11(7-9-17)10-16-13(18)12-6-4-8-15-14(12)19-2/h4,6,8,11,17H,3,5,7,9-10H2,1-2H3,(H,16,18). The van der Waals surface area contributed by atoms with E-state index in [9.17, 15) is 4.79 Å². The topological polar surface area (TPSA) is 62.2 Å². The van der Waals surface area contributed by atoms with Gasteiger partial charge in [-0.1, -0.05) is 13.3 Å². The average molecular weight is 282 g/mol. The second-order valence-electron chi connectivity index (χ2n) is 4.44. The van der Waals surface area contributed by atoms with Gasteiger partial charge in [0.2, 0.25) is 0 Å². The van der Waals surface area contributed by atoms with Gasteiger partial charge in [0.05, 0.1) is 5.56 Å². The van der Waals surface area contributed by atoms with E-state index in [1.807, 2.05) is 6.26 Å². The number of hydrogen-bond donors (Lipinski definition) is 2. The first-order valence-electron chi connectivity index (χ1n) is 6.61. The molecule has 1 amide bonds. The van der Waals surface area contributed by atoms with Crippen molar-refractivity contribution >= 4 is 17.7 Å². The summed E-state index contributed by atoms with van der Waals surface area (Å²) in [6, 6.07) is 3.56. The van der Waals surface area contributed by atoms with Crippen LogP contribution in [0, 0.1) is 5.92 Å². The molecule has 5 heteroatoms. The smallest absolute Gasteiger partial charge is 0.254 e. The second kappa shape index (κ2) is 8.93. The van der Waals surface area contributed by atoms with E-state index in [0.717, 1.165) is 24.3 Å². The fraction of sp³-hybridized carbons (Fsp3) is 0.571. The molecule has 0 aromatic carbocycles. The predicted molar refractivity (Wildman–Crippen MR) is 78.5 cm³/mol. The SMILES string of the molecule is CCCC(CCO)CNC(=O)c1cccnc1SC. The van der Waals surface area contributed by atoms with Crippen molar-refractivity contribution < 1.29 is 9.90 Å². The first-order valence-corrected chi connectivity index (χ1v) is 7.83. The first-order chi connectivity index (χ1) is 9.22. The number of carbonyl (C=O) groups is 1. The summed E-state index contributed by atoms with van der Waals surface area (Å²) in [5.41, 5.74) is 0.620. The van der Waals surface area contributed by atoms with Gasteiger partial charge >= 0.3 is 0 Å². The molecule has 1 aromatic heterocycles. The Hall–Kier alpha value is -1.07. The Morgan fingerprint density at radius 1 is 1.53 bits per heavy atom. The maximum atomic E-state index is 12.1. The highest BCUT2D eigenvalue weighted by atomic mass is 32.2. The number of amides is 1. The number of aromatic nitrogens is 1. The predicted octanol–water partition coefficient (Wildman–Crippen LogP) is 2.33. The van der Waals surface area contributed by atoms with Gasteiger partial charge in [0.1, 0.15) is 5.03 Å². The van der Waals surface area contributed by atoms with E-state index in [1.165, 1.54) is 11.8 Å². The van der Waals surface area contributed by atoms with Gasteiger partial charge in [-0.05, 0) is 37.1 Å². The minimum atomic E-state index is -0.0866. The third-order valence-corrected chi connectivity index (χ3v) is 3.71. The van der Waals surface area contributed by atoms with Crippen LogP contribution in [0.4, 0.5) is 0 Å². The Morgan fingerprint density at radius 2 is 2.32 bits per heavy atom. The van der Waals surface area contributed by atoms with Crippen molar-refractivity contribution in [2.75, 3.05) is 19.4 Å². The fourth-order valence-corrected chi connectivity index (χ4v) is 2.54. The molecule has 19 heavy (non-hydrogen) atoms. The highest BCUT2D eigenvalue weighted by Gasteiger charge is 2.13. The first kappa shape index (κ1) is 16.0. The molecule has 0 aliphatic rings. The molecule has 0 aliphatic heterocycles. The Kier molecular flexibility index (Phi) is 7.52. The maximum Gasteiger partial charge on any atom is 0.254 e. The van der Waals surface area contributed by atoms with Gasteiger partial charge in [-0.15, -0.1) is 11.8 Å². The maximum absolute atomic E-state index is 12.1. The van der Waals surface area contributed by atoms with Crippen LogP contribution < -0.4 is 5.32 Å². The summed E-state index contributed by atoms with van der Waals surface area (Å²) in [5.74, 6) is 0.254. The van der Waals surface area contributed by atoms with Gasteiger partial charge in [-0.3, -0.25) is 4.79 Å². The minimum Gasteiger partial charge on any atom is -0.396 e. The molecule has 0 spiro atoms. The van der Waals surface area contributed by atoms with Crippen LogP contribution in [0.1, 0.15) is 36.5 Å². The molecule has 1 rings (SSSR count). The Balaban J connectivity index is 2.58. The number of hydrogen-bond acceptors (Lipinski definition) is 4. The van der Waals surface area contributed by atoms with Crippen molar-refractivity contribution in [2.45, 2.75) is 31.2 Å². The zero-order chi connectivity index (χ0) is 14.1. The van der Waals surface area contributed by atoms with Gasteiger partial charge in [0.15, 0.2) is 0 Å². The van der Waals surface area contributed by atoms with Crippen LogP contribution >= 0.6 is 11.8 Å². The molecule has 1 atom stereocenters. The molecule has 1 aromatic rings. The summed E-state index contributed by atoms with van der Waals surface area (Å²) in [6.45, 7) is 2.89. The lowest BCUT2D eigenvalue weighted by Gasteiger charge is -2.16. The van der Waals surface area contributed by atoms with E-state index in [4.69, 9.17) is 5.11 Å². The summed E-state index contributed by atoms with van der Waals surface area (Å²) >= 11 is 1.47. The molecular weight excluding hydrogens is 260 g/mol. The zero-order valence-corrected chi connectivity index (χ0v) is 12.4. The highest BCUT2D eigenvalue weighted by Crippen LogP contribution is 2.17. The molecule has 0 bridgehead atoms. The van der Waals surface area contributed by atoms with Crippen LogP contribution in [0.25, 0.3) is 0 Å². The van der Waals surface area contributed by atoms with Crippen molar-refractivity contribution in [3.8, 4) is 0 Å². The van der Waals surface area contributed by atoms with Gasteiger partial charge in [-0.25, -0.2) is 4.98 Å². The van der Waals surface area contributed by atoms with Crippen molar-refractivity contribution in [1.82, 2.24) is 10.3 Å². The number of nitrogens with zero attached hydrogens (tertiary/aromatic N) is 1. The Morgan fingerprint density at radius 3 is 2.95 bits per heavy atom. The van der Waals surface area contributed by atoms with Gasteiger partial charge in [-0.2, -0.15) is 0 Å². The van der Waals surface area contributed by atoms with Crippen LogP contribution in [-0.2, 0) is 0 Å². The van der Waals surface area contributed by atoms with E-state index < -0.39 is 0 Å². The number of carbonyl (C=O) groups excluding carboxylic acids is 1. The van der Waals surface area contributed by atoms with Crippen molar-refractivity contribution in [2.24, 2.45) is 5.92 Å². The van der Waals surface area contributed by atoms with Gasteiger partial charge in [0, 0.05) is 19.3 Å². The monoisotopic (exact) mass is 282 g/mol. The molecular formula is C14H22N2O2S. The van der Waals surface area contributed by atoms with Gasteiger partial charge in [0.25, 0.3) is 5.91 Å². The summed E-state index contributed by atoms with van der Waals surface area (Å²) in [4.78, 5) is 16.3. The Bertz CT molecular complexity index is 393. The lowest BCUT2D eigenvalue weighted by Crippen LogP contribution is -2.30. The molecule has 2 N–H and O–H groups in total. The van der Waals surface area contributed by atoms with Gasteiger partial charge < -0.3 is 10.4 Å². The average Bonchev–Trinajstić information content (AvgIpc) is 2.44. The summed E-state index contributed by atoms with van der Waals surface area (Å²) in [6.07, 6.45) is 6.41. The van der Waals surface area contributed by atoms with Crippen molar-refractivity contribution in [1.29, 1.82) is 0 Å². The van der Waals surface area contributed by atoms with E-state index in [2.05, 4.69) is 17.2 Å². The van der Waals surface area contributed by atoms with E-state index in [-0.39, 0.29) is 12.5 Å². The number of aliphatic hydroxyl groups is 1. The molecule has 1 heterocycles. The van der Waals surface area contributed by atoms with Crippen LogP contribution in [0.5, 0.6) is 0 Å². The fourth-order valence-electron chi connectivity index (χ4n) is 2.00. The number of rotatable bonds is 8. The lowest BCUT2D eigenvalue weighted by atomic mass is 10.0. The summed E-state index contributed by atoms with van der Waals surface area (Å²) < 4.78 is 0. The van der Waals surface area contributed by atoms with Crippen LogP contribution in [0.2, 0.25) is 0 Å². The molecule has 0 saturated carbocycles. The minimum absolute atomic E-state index is 0.0866. The molecule has 106 valence electrons. The molecule has 0 saturated heterocycles. The molecule has 4 nitrogen and oxygen atoms in total. The third kappa shape index (κ3) is 5.20. The largest absolute Gasteiger partial charge is 0.396 e. The van der Waals surface area contributed by atoms with E-state index in [0.29, 0.717) is 18.0 Å². The van der Waals surface area contributed by atoms with Crippen molar-refractivity contribution in [3.63, 3.8) is 0 Å². The van der Waals surface area contributed by atoms with E-state index in [1.54, 1.807) is 18.3 Å². The van der Waals surface area contributed by atoms with Crippen LogP contribution in [0.15, 0.2) is 23.4 Å².